The van der Waals surface area contributed by atoms with Gasteiger partial charge in [-0.1, -0.05) is 23.0 Å². The quantitative estimate of drug-likeness (QED) is 0.510. The predicted molar refractivity (Wildman–Crippen MR) is 84.2 cm³/mol. The highest BCUT2D eigenvalue weighted by Crippen LogP contribution is 2.23. The van der Waals surface area contributed by atoms with Crippen LogP contribution in [0.5, 0.6) is 0 Å². The second kappa shape index (κ2) is 6.74. The van der Waals surface area contributed by atoms with Crippen LogP contribution in [0, 0.1) is 12.7 Å². The zero-order valence-electron chi connectivity index (χ0n) is 12.4. The van der Waals surface area contributed by atoms with E-state index in [1.54, 1.807) is 18.2 Å². The first kappa shape index (κ1) is 15.4. The van der Waals surface area contributed by atoms with Crippen LogP contribution >= 0.6 is 11.8 Å². The summed E-state index contributed by atoms with van der Waals surface area (Å²) in [5.41, 5.74) is 0.706. The maximum atomic E-state index is 12.9. The fraction of sp³-hybridized carbons (Fsp3) is 0.200. The molecule has 0 aliphatic heterocycles. The van der Waals surface area contributed by atoms with E-state index in [0.29, 0.717) is 29.6 Å². The molecule has 8 heteroatoms. The second-order valence-electron chi connectivity index (χ2n) is 4.74. The van der Waals surface area contributed by atoms with Crippen molar-refractivity contribution in [1.29, 1.82) is 0 Å². The number of hydrogen-bond acceptors (Lipinski definition) is 6. The van der Waals surface area contributed by atoms with Crippen molar-refractivity contribution in [1.82, 2.24) is 24.9 Å². The van der Waals surface area contributed by atoms with Gasteiger partial charge in [0.15, 0.2) is 5.16 Å². The van der Waals surface area contributed by atoms with Crippen molar-refractivity contribution in [2.24, 2.45) is 0 Å². The highest BCUT2D eigenvalue weighted by atomic mass is 32.2. The third-order valence-electron chi connectivity index (χ3n) is 3.11. The monoisotopic (exact) mass is 331 g/mol. The fourth-order valence-corrected chi connectivity index (χ4v) is 2.79. The molecule has 6 nitrogen and oxygen atoms in total. The van der Waals surface area contributed by atoms with E-state index in [9.17, 15) is 4.39 Å². The topological polar surface area (TPSA) is 69.6 Å². The minimum absolute atomic E-state index is 0.301. The minimum Gasteiger partial charge on any atom is -0.338 e. The average molecular weight is 331 g/mol. The Labute approximate surface area is 136 Å². The standard InChI is InChI=1S/C15H14FN5OS/c1-3-8-21-10(2)18-19-15(21)23-9-13-17-14(20-22-13)11-4-6-12(16)7-5-11/h3-7H,1,8-9H2,2H3. The van der Waals surface area contributed by atoms with Crippen molar-refractivity contribution in [3.8, 4) is 11.4 Å². The maximum absolute atomic E-state index is 12.9. The van der Waals surface area contributed by atoms with E-state index in [1.165, 1.54) is 23.9 Å². The summed E-state index contributed by atoms with van der Waals surface area (Å²) in [5.74, 6) is 1.91. The summed E-state index contributed by atoms with van der Waals surface area (Å²) in [5, 5.41) is 12.9. The van der Waals surface area contributed by atoms with Gasteiger partial charge < -0.3 is 9.09 Å². The first-order valence-corrected chi connectivity index (χ1v) is 7.88. The molecule has 0 fully saturated rings. The zero-order chi connectivity index (χ0) is 16.2. The van der Waals surface area contributed by atoms with E-state index in [4.69, 9.17) is 4.52 Å². The highest BCUT2D eigenvalue weighted by molar-refractivity contribution is 7.98. The van der Waals surface area contributed by atoms with Gasteiger partial charge in [0.1, 0.15) is 11.6 Å². The van der Waals surface area contributed by atoms with Gasteiger partial charge in [0.2, 0.25) is 11.7 Å². The molecule has 0 aliphatic rings. The summed E-state index contributed by atoms with van der Waals surface area (Å²) >= 11 is 1.46. The van der Waals surface area contributed by atoms with Crippen LogP contribution in [0.4, 0.5) is 4.39 Å². The average Bonchev–Trinajstić information content (AvgIpc) is 3.15. The number of thioether (sulfide) groups is 1. The van der Waals surface area contributed by atoms with E-state index < -0.39 is 0 Å². The molecule has 0 aliphatic carbocycles. The molecule has 0 amide bonds. The molecule has 0 atom stereocenters. The molecule has 2 aromatic heterocycles. The van der Waals surface area contributed by atoms with Gasteiger partial charge in [0, 0.05) is 12.1 Å². The van der Waals surface area contributed by atoms with E-state index in [-0.39, 0.29) is 5.82 Å². The van der Waals surface area contributed by atoms with Gasteiger partial charge >= 0.3 is 0 Å². The molecule has 118 valence electrons. The van der Waals surface area contributed by atoms with Gasteiger partial charge in [0.05, 0.1) is 5.75 Å². The summed E-state index contributed by atoms with van der Waals surface area (Å²) in [7, 11) is 0. The van der Waals surface area contributed by atoms with Gasteiger partial charge in [-0.3, -0.25) is 0 Å². The van der Waals surface area contributed by atoms with Gasteiger partial charge in [-0.15, -0.1) is 16.8 Å². The van der Waals surface area contributed by atoms with E-state index in [2.05, 4.69) is 26.9 Å². The number of halogens is 1. The van der Waals surface area contributed by atoms with E-state index in [0.717, 1.165) is 11.0 Å². The lowest BCUT2D eigenvalue weighted by Crippen LogP contribution is -2.00. The molecule has 0 bridgehead atoms. The van der Waals surface area contributed by atoms with Crippen LogP contribution in [0.3, 0.4) is 0 Å². The molecule has 0 saturated carbocycles. The molecule has 1 aromatic carbocycles. The molecule has 2 heterocycles. The smallest absolute Gasteiger partial charge is 0.237 e. The van der Waals surface area contributed by atoms with Crippen LogP contribution in [0.1, 0.15) is 11.7 Å². The highest BCUT2D eigenvalue weighted by Gasteiger charge is 2.13. The molecule has 0 spiro atoms. The number of hydrogen-bond donors (Lipinski definition) is 0. The maximum Gasteiger partial charge on any atom is 0.237 e. The van der Waals surface area contributed by atoms with E-state index in [1.807, 2.05) is 11.5 Å². The third-order valence-corrected chi connectivity index (χ3v) is 4.06. The van der Waals surface area contributed by atoms with Crippen LogP contribution in [0.15, 0.2) is 46.6 Å². The van der Waals surface area contributed by atoms with Gasteiger partial charge in [-0.25, -0.2) is 4.39 Å². The second-order valence-corrected chi connectivity index (χ2v) is 5.68. The Morgan fingerprint density at radius 3 is 2.83 bits per heavy atom. The Kier molecular flexibility index (Phi) is 4.52. The van der Waals surface area contributed by atoms with Crippen LogP contribution in [-0.2, 0) is 12.3 Å². The fourth-order valence-electron chi connectivity index (χ4n) is 1.96. The first-order valence-electron chi connectivity index (χ1n) is 6.89. The molecule has 3 aromatic rings. The Balaban J connectivity index is 1.70. The molecule has 0 saturated heterocycles. The van der Waals surface area contributed by atoms with Gasteiger partial charge in [-0.05, 0) is 31.2 Å². The van der Waals surface area contributed by atoms with Crippen molar-refractivity contribution in [2.45, 2.75) is 24.4 Å². The number of aryl methyl sites for hydroxylation is 1. The van der Waals surface area contributed by atoms with Crippen molar-refractivity contribution in [3.63, 3.8) is 0 Å². The van der Waals surface area contributed by atoms with E-state index >= 15 is 0 Å². The van der Waals surface area contributed by atoms with Gasteiger partial charge in [0.25, 0.3) is 0 Å². The Morgan fingerprint density at radius 2 is 2.09 bits per heavy atom. The summed E-state index contributed by atoms with van der Waals surface area (Å²) in [6.07, 6.45) is 1.79. The number of benzene rings is 1. The lowest BCUT2D eigenvalue weighted by molar-refractivity contribution is 0.391. The normalized spacial score (nSPS) is 10.9. The SMILES string of the molecule is C=CCn1c(C)nnc1SCc1nc(-c2ccc(F)cc2)no1. The molecular weight excluding hydrogens is 317 g/mol. The Morgan fingerprint density at radius 1 is 1.30 bits per heavy atom. The molecule has 23 heavy (non-hydrogen) atoms. The van der Waals surface area contributed by atoms with Crippen molar-refractivity contribution in [3.05, 3.63) is 54.5 Å². The lowest BCUT2D eigenvalue weighted by atomic mass is 10.2. The number of allylic oxidation sites excluding steroid dienone is 1. The lowest BCUT2D eigenvalue weighted by Gasteiger charge is -2.03. The summed E-state index contributed by atoms with van der Waals surface area (Å²) < 4.78 is 20.1. The van der Waals surface area contributed by atoms with Crippen molar-refractivity contribution < 1.29 is 8.91 Å². The first-order chi connectivity index (χ1) is 11.2. The zero-order valence-corrected chi connectivity index (χ0v) is 13.3. The Hall–Kier alpha value is -2.48. The van der Waals surface area contributed by atoms with Crippen LogP contribution in [0.2, 0.25) is 0 Å². The molecular formula is C15H14FN5OS. The van der Waals surface area contributed by atoms with Crippen LogP contribution in [0.25, 0.3) is 11.4 Å². The summed E-state index contributed by atoms with van der Waals surface area (Å²) in [6, 6.07) is 5.95. The molecule has 3 rings (SSSR count). The molecule has 0 N–H and O–H groups in total. The van der Waals surface area contributed by atoms with Crippen LogP contribution in [-0.4, -0.2) is 24.9 Å². The minimum atomic E-state index is -0.301. The molecule has 0 unspecified atom stereocenters. The third kappa shape index (κ3) is 3.48. The number of nitrogens with zero attached hydrogens (tertiary/aromatic N) is 5. The summed E-state index contributed by atoms with van der Waals surface area (Å²) in [6.45, 7) is 6.26. The number of rotatable bonds is 6. The predicted octanol–water partition coefficient (Wildman–Crippen LogP) is 3.25. The van der Waals surface area contributed by atoms with Crippen molar-refractivity contribution >= 4 is 11.8 Å². The number of aromatic nitrogens is 5. The summed E-state index contributed by atoms with van der Waals surface area (Å²) in [4.78, 5) is 4.31. The molecule has 0 radical (unpaired) electrons. The van der Waals surface area contributed by atoms with Crippen LogP contribution < -0.4 is 0 Å². The Bertz CT molecular complexity index is 812. The van der Waals surface area contributed by atoms with Crippen molar-refractivity contribution in [2.75, 3.05) is 0 Å². The largest absolute Gasteiger partial charge is 0.338 e. The van der Waals surface area contributed by atoms with Gasteiger partial charge in [-0.2, -0.15) is 4.98 Å².